The van der Waals surface area contributed by atoms with E-state index in [1.807, 2.05) is 0 Å². The van der Waals surface area contributed by atoms with E-state index in [1.165, 1.54) is 56.4 Å². The minimum absolute atomic E-state index is 0.748. The summed E-state index contributed by atoms with van der Waals surface area (Å²) in [6.45, 7) is 7.01. The zero-order chi connectivity index (χ0) is 15.4. The number of nitrogens with zero attached hydrogens (tertiary/aromatic N) is 1. The molecule has 3 rings (SSSR count). The Morgan fingerprint density at radius 3 is 2.55 bits per heavy atom. The molecule has 122 valence electrons. The molecule has 0 aromatic heterocycles. The molecule has 1 aromatic carbocycles. The third-order valence-electron chi connectivity index (χ3n) is 5.17. The van der Waals surface area contributed by atoms with Crippen LogP contribution in [0.1, 0.15) is 43.7 Å². The number of methoxy groups -OCH3 is 1. The molecular formula is C19H30N2O. The van der Waals surface area contributed by atoms with Gasteiger partial charge in [0.25, 0.3) is 0 Å². The molecule has 1 heterocycles. The minimum Gasteiger partial charge on any atom is -0.497 e. The molecule has 0 radical (unpaired) electrons. The van der Waals surface area contributed by atoms with Crippen LogP contribution >= 0.6 is 0 Å². The Kier molecular flexibility index (Phi) is 5.37. The smallest absolute Gasteiger partial charge is 0.119 e. The van der Waals surface area contributed by atoms with Crippen LogP contribution in [0.5, 0.6) is 5.75 Å². The first-order valence-electron chi connectivity index (χ1n) is 8.90. The van der Waals surface area contributed by atoms with Gasteiger partial charge in [0.05, 0.1) is 7.11 Å². The molecule has 1 aromatic rings. The molecule has 1 N–H and O–H groups in total. The van der Waals surface area contributed by atoms with E-state index in [9.17, 15) is 0 Å². The molecule has 0 unspecified atom stereocenters. The van der Waals surface area contributed by atoms with E-state index in [0.717, 1.165) is 30.7 Å². The summed E-state index contributed by atoms with van der Waals surface area (Å²) >= 11 is 0. The first kappa shape index (κ1) is 15.8. The molecule has 3 heteroatoms. The molecule has 1 saturated carbocycles. The van der Waals surface area contributed by atoms with Gasteiger partial charge in [0, 0.05) is 12.6 Å². The van der Waals surface area contributed by atoms with Crippen LogP contribution < -0.4 is 10.1 Å². The maximum Gasteiger partial charge on any atom is 0.119 e. The van der Waals surface area contributed by atoms with Gasteiger partial charge in [0.2, 0.25) is 0 Å². The summed E-state index contributed by atoms with van der Waals surface area (Å²) in [4.78, 5) is 2.61. The lowest BCUT2D eigenvalue weighted by Gasteiger charge is -2.33. The van der Waals surface area contributed by atoms with E-state index in [2.05, 4.69) is 35.3 Å². The van der Waals surface area contributed by atoms with Crippen molar-refractivity contribution in [3.8, 4) is 5.75 Å². The largest absolute Gasteiger partial charge is 0.497 e. The highest BCUT2D eigenvalue weighted by Gasteiger charge is 2.24. The molecule has 0 spiro atoms. The van der Waals surface area contributed by atoms with Gasteiger partial charge in [-0.2, -0.15) is 0 Å². The molecule has 0 bridgehead atoms. The van der Waals surface area contributed by atoms with Crippen molar-refractivity contribution >= 4 is 0 Å². The van der Waals surface area contributed by atoms with Crippen LogP contribution in [0.2, 0.25) is 0 Å². The third kappa shape index (κ3) is 4.23. The Balaban J connectivity index is 1.49. The predicted octanol–water partition coefficient (Wildman–Crippen LogP) is 3.22. The van der Waals surface area contributed by atoms with E-state index in [0.29, 0.717) is 0 Å². The third-order valence-corrected chi connectivity index (χ3v) is 5.17. The van der Waals surface area contributed by atoms with E-state index < -0.39 is 0 Å². The van der Waals surface area contributed by atoms with Crippen molar-refractivity contribution in [2.24, 2.45) is 5.92 Å². The fraction of sp³-hybridized carbons (Fsp3) is 0.684. The first-order chi connectivity index (χ1) is 10.8. The summed E-state index contributed by atoms with van der Waals surface area (Å²) in [5, 5.41) is 3.76. The first-order valence-corrected chi connectivity index (χ1v) is 8.90. The van der Waals surface area contributed by atoms with Crippen molar-refractivity contribution in [1.29, 1.82) is 0 Å². The lowest BCUT2D eigenvalue weighted by molar-refractivity contribution is 0.189. The molecule has 2 fully saturated rings. The van der Waals surface area contributed by atoms with Crippen LogP contribution in [-0.2, 0) is 13.0 Å². The number of likely N-dealkylation sites (tertiary alicyclic amines) is 1. The number of rotatable bonds is 7. The fourth-order valence-corrected chi connectivity index (χ4v) is 3.40. The fourth-order valence-electron chi connectivity index (χ4n) is 3.40. The lowest BCUT2D eigenvalue weighted by atomic mass is 10.0. The summed E-state index contributed by atoms with van der Waals surface area (Å²) in [5.74, 6) is 1.97. The predicted molar refractivity (Wildman–Crippen MR) is 91.4 cm³/mol. The van der Waals surface area contributed by atoms with Gasteiger partial charge in [0.1, 0.15) is 5.75 Å². The SMILES string of the molecule is CCc1cc(OC)ccc1CN1CCC(NCC2CC2)CC1. The Morgan fingerprint density at radius 2 is 1.91 bits per heavy atom. The lowest BCUT2D eigenvalue weighted by Crippen LogP contribution is -2.42. The average Bonchev–Trinajstić information content (AvgIpc) is 3.39. The van der Waals surface area contributed by atoms with Crippen LogP contribution in [0.4, 0.5) is 0 Å². The number of piperidine rings is 1. The van der Waals surface area contributed by atoms with Gasteiger partial charge in [-0.1, -0.05) is 13.0 Å². The zero-order valence-corrected chi connectivity index (χ0v) is 14.1. The van der Waals surface area contributed by atoms with Crippen LogP contribution in [0, 0.1) is 5.92 Å². The summed E-state index contributed by atoms with van der Waals surface area (Å²) in [7, 11) is 1.74. The van der Waals surface area contributed by atoms with Gasteiger partial charge in [-0.15, -0.1) is 0 Å². The second-order valence-corrected chi connectivity index (χ2v) is 6.89. The van der Waals surface area contributed by atoms with E-state index in [1.54, 1.807) is 7.11 Å². The average molecular weight is 302 g/mol. The monoisotopic (exact) mass is 302 g/mol. The number of hydrogen-bond donors (Lipinski definition) is 1. The molecule has 3 nitrogen and oxygen atoms in total. The Hall–Kier alpha value is -1.06. The Morgan fingerprint density at radius 1 is 1.14 bits per heavy atom. The van der Waals surface area contributed by atoms with E-state index in [4.69, 9.17) is 4.74 Å². The van der Waals surface area contributed by atoms with Crippen molar-refractivity contribution < 1.29 is 4.74 Å². The summed E-state index contributed by atoms with van der Waals surface area (Å²) in [6.07, 6.45) is 6.56. The van der Waals surface area contributed by atoms with Gasteiger partial charge in [-0.05, 0) is 80.9 Å². The zero-order valence-electron chi connectivity index (χ0n) is 14.1. The standard InChI is InChI=1S/C19H30N2O/c1-3-16-12-19(22-2)7-6-17(16)14-21-10-8-18(9-11-21)20-13-15-4-5-15/h6-7,12,15,18,20H,3-5,8-11,13-14H2,1-2H3. The highest BCUT2D eigenvalue weighted by atomic mass is 16.5. The molecule has 1 saturated heterocycles. The van der Waals surface area contributed by atoms with Crippen molar-refractivity contribution in [3.05, 3.63) is 29.3 Å². The van der Waals surface area contributed by atoms with Gasteiger partial charge in [-0.25, -0.2) is 0 Å². The number of ether oxygens (including phenoxy) is 1. The Labute approximate surface area is 135 Å². The van der Waals surface area contributed by atoms with Crippen LogP contribution in [0.3, 0.4) is 0 Å². The van der Waals surface area contributed by atoms with Crippen LogP contribution in [0.15, 0.2) is 18.2 Å². The number of nitrogens with one attached hydrogen (secondary N) is 1. The maximum absolute atomic E-state index is 5.35. The topological polar surface area (TPSA) is 24.5 Å². The van der Waals surface area contributed by atoms with Crippen molar-refractivity contribution in [3.63, 3.8) is 0 Å². The number of hydrogen-bond acceptors (Lipinski definition) is 3. The number of aryl methyl sites for hydroxylation is 1. The van der Waals surface area contributed by atoms with Gasteiger partial charge in [0.15, 0.2) is 0 Å². The quantitative estimate of drug-likeness (QED) is 0.837. The molecule has 2 aliphatic rings. The van der Waals surface area contributed by atoms with Crippen LogP contribution in [-0.4, -0.2) is 37.7 Å². The van der Waals surface area contributed by atoms with Gasteiger partial charge >= 0.3 is 0 Å². The summed E-state index contributed by atoms with van der Waals surface area (Å²) < 4.78 is 5.35. The molecule has 1 aliphatic heterocycles. The highest BCUT2D eigenvalue weighted by Crippen LogP contribution is 2.28. The van der Waals surface area contributed by atoms with E-state index in [-0.39, 0.29) is 0 Å². The van der Waals surface area contributed by atoms with Crippen molar-refractivity contribution in [2.75, 3.05) is 26.7 Å². The second kappa shape index (κ2) is 7.47. The summed E-state index contributed by atoms with van der Waals surface area (Å²) in [5.41, 5.74) is 2.89. The highest BCUT2D eigenvalue weighted by molar-refractivity contribution is 5.35. The second-order valence-electron chi connectivity index (χ2n) is 6.89. The number of benzene rings is 1. The van der Waals surface area contributed by atoms with E-state index >= 15 is 0 Å². The molecular weight excluding hydrogens is 272 g/mol. The molecule has 1 aliphatic carbocycles. The molecule has 22 heavy (non-hydrogen) atoms. The van der Waals surface area contributed by atoms with Gasteiger partial charge in [-0.3, -0.25) is 4.90 Å². The summed E-state index contributed by atoms with van der Waals surface area (Å²) in [6, 6.07) is 7.28. The maximum atomic E-state index is 5.35. The van der Waals surface area contributed by atoms with Crippen molar-refractivity contribution in [2.45, 2.75) is 51.6 Å². The van der Waals surface area contributed by atoms with Crippen LogP contribution in [0.25, 0.3) is 0 Å². The normalized spacial score (nSPS) is 20.3. The molecule has 0 amide bonds. The minimum atomic E-state index is 0.748. The Bertz CT molecular complexity index is 476. The molecule has 0 atom stereocenters. The van der Waals surface area contributed by atoms with Crippen molar-refractivity contribution in [1.82, 2.24) is 10.2 Å². The van der Waals surface area contributed by atoms with Gasteiger partial charge < -0.3 is 10.1 Å².